The first-order valence-corrected chi connectivity index (χ1v) is 5.85. The van der Waals surface area contributed by atoms with Crippen LogP contribution in [0.1, 0.15) is 26.7 Å². The molecule has 2 aliphatic carbocycles. The molecule has 0 unspecified atom stereocenters. The summed E-state index contributed by atoms with van der Waals surface area (Å²) < 4.78 is 24.4. The molecule has 5 atom stereocenters. The van der Waals surface area contributed by atoms with Crippen LogP contribution in [0.5, 0.6) is 0 Å². The van der Waals surface area contributed by atoms with Gasteiger partial charge >= 0.3 is 11.9 Å². The first kappa shape index (κ1) is 11.9. The number of alkyl halides is 1. The molecule has 2 saturated carbocycles. The number of fused-ring (bicyclic) bond motifs is 3. The van der Waals surface area contributed by atoms with Gasteiger partial charge in [0.05, 0.1) is 0 Å². The van der Waals surface area contributed by atoms with Crippen LogP contribution >= 0.6 is 0 Å². The molecule has 1 saturated heterocycles. The summed E-state index contributed by atoms with van der Waals surface area (Å²) in [5.74, 6) is -1.03. The van der Waals surface area contributed by atoms with Gasteiger partial charge in [-0.25, -0.2) is 4.39 Å². The van der Waals surface area contributed by atoms with Gasteiger partial charge in [0, 0.05) is 26.2 Å². The fraction of sp³-hybridized carbons (Fsp3) is 0.818. The second kappa shape index (κ2) is 3.42. The zero-order valence-electron chi connectivity index (χ0n) is 10.1. The SMILES string of the molecule is CC(=O)O[C@]12C[C@H]1C[C@@]1(OC(C)=O)[C@@H]2ON[C@@H]1F. The first-order valence-electron chi connectivity index (χ1n) is 5.85. The van der Waals surface area contributed by atoms with Gasteiger partial charge in [0.1, 0.15) is 5.60 Å². The van der Waals surface area contributed by atoms with Crippen LogP contribution in [0.15, 0.2) is 0 Å². The third-order valence-corrected chi connectivity index (χ3v) is 3.94. The molecule has 18 heavy (non-hydrogen) atoms. The van der Waals surface area contributed by atoms with Crippen molar-refractivity contribution in [2.75, 3.05) is 0 Å². The van der Waals surface area contributed by atoms with Gasteiger partial charge in [-0.05, 0) is 6.42 Å². The number of hydroxylamine groups is 1. The van der Waals surface area contributed by atoms with E-state index in [1.165, 1.54) is 13.8 Å². The van der Waals surface area contributed by atoms with Crippen LogP contribution in [0, 0.1) is 5.92 Å². The topological polar surface area (TPSA) is 73.9 Å². The summed E-state index contributed by atoms with van der Waals surface area (Å²) in [5.41, 5.74) is -0.0214. The number of hydrogen-bond acceptors (Lipinski definition) is 6. The van der Waals surface area contributed by atoms with E-state index in [0.717, 1.165) is 0 Å². The van der Waals surface area contributed by atoms with Crippen molar-refractivity contribution in [2.45, 2.75) is 50.3 Å². The Kier molecular flexibility index (Phi) is 2.25. The van der Waals surface area contributed by atoms with Crippen molar-refractivity contribution in [1.29, 1.82) is 0 Å². The molecule has 6 nitrogen and oxygen atoms in total. The lowest BCUT2D eigenvalue weighted by molar-refractivity contribution is -0.179. The van der Waals surface area contributed by atoms with Crippen LogP contribution in [-0.2, 0) is 23.9 Å². The smallest absolute Gasteiger partial charge is 0.303 e. The lowest BCUT2D eigenvalue weighted by Crippen LogP contribution is -2.51. The monoisotopic (exact) mass is 259 g/mol. The molecule has 0 radical (unpaired) electrons. The summed E-state index contributed by atoms with van der Waals surface area (Å²) >= 11 is 0. The number of hydrogen-bond donors (Lipinski definition) is 1. The van der Waals surface area contributed by atoms with Crippen molar-refractivity contribution >= 4 is 11.9 Å². The highest BCUT2D eigenvalue weighted by atomic mass is 19.1. The summed E-state index contributed by atoms with van der Waals surface area (Å²) in [7, 11) is 0. The van der Waals surface area contributed by atoms with E-state index in [1.54, 1.807) is 0 Å². The number of halogens is 1. The molecule has 3 aliphatic rings. The molecule has 0 amide bonds. The standard InChI is InChI=1S/C11H14FNO5/c1-5(14)16-10-3-7(10)4-11(17-6(2)15)8(10)18-13-9(11)12/h7-9,13H,3-4H2,1-2H3/t7-,8+,9-,10+,11+/m0/s1. The van der Waals surface area contributed by atoms with E-state index in [0.29, 0.717) is 12.8 Å². The maximum atomic E-state index is 13.9. The van der Waals surface area contributed by atoms with Gasteiger partial charge < -0.3 is 9.47 Å². The maximum absolute atomic E-state index is 13.9. The molecule has 1 N–H and O–H groups in total. The summed E-state index contributed by atoms with van der Waals surface area (Å²) in [6, 6.07) is 0. The number of ether oxygens (including phenoxy) is 2. The minimum atomic E-state index is -1.60. The fourth-order valence-electron chi connectivity index (χ4n) is 3.32. The second-order valence-electron chi connectivity index (χ2n) is 5.18. The molecule has 3 rings (SSSR count). The van der Waals surface area contributed by atoms with Crippen molar-refractivity contribution in [3.63, 3.8) is 0 Å². The zero-order chi connectivity index (χ0) is 13.1. The Morgan fingerprint density at radius 2 is 1.78 bits per heavy atom. The third-order valence-electron chi connectivity index (χ3n) is 3.94. The van der Waals surface area contributed by atoms with Crippen LogP contribution in [0.2, 0.25) is 0 Å². The van der Waals surface area contributed by atoms with E-state index in [2.05, 4.69) is 5.48 Å². The first-order chi connectivity index (χ1) is 8.41. The van der Waals surface area contributed by atoms with Crippen LogP contribution in [0.25, 0.3) is 0 Å². The van der Waals surface area contributed by atoms with Gasteiger partial charge in [-0.2, -0.15) is 5.48 Å². The fourth-order valence-corrected chi connectivity index (χ4v) is 3.32. The molecular formula is C11H14FNO5. The highest BCUT2D eigenvalue weighted by Crippen LogP contribution is 2.66. The van der Waals surface area contributed by atoms with E-state index in [4.69, 9.17) is 14.3 Å². The Hall–Kier alpha value is -1.21. The van der Waals surface area contributed by atoms with Crippen molar-refractivity contribution in [2.24, 2.45) is 5.92 Å². The molecule has 3 fully saturated rings. The Bertz CT molecular complexity index is 430. The summed E-state index contributed by atoms with van der Waals surface area (Å²) in [4.78, 5) is 27.5. The zero-order valence-corrected chi connectivity index (χ0v) is 10.1. The highest BCUT2D eigenvalue weighted by Gasteiger charge is 2.81. The Balaban J connectivity index is 1.90. The lowest BCUT2D eigenvalue weighted by Gasteiger charge is -2.31. The van der Waals surface area contributed by atoms with Gasteiger partial charge in [-0.1, -0.05) is 0 Å². The second-order valence-corrected chi connectivity index (χ2v) is 5.18. The number of rotatable bonds is 2. The molecular weight excluding hydrogens is 245 g/mol. The van der Waals surface area contributed by atoms with E-state index in [1.807, 2.05) is 0 Å². The van der Waals surface area contributed by atoms with Crippen molar-refractivity contribution < 1.29 is 28.3 Å². The minimum absolute atomic E-state index is 0.00824. The van der Waals surface area contributed by atoms with Crippen LogP contribution in [0.4, 0.5) is 4.39 Å². The predicted molar refractivity (Wildman–Crippen MR) is 54.6 cm³/mol. The quantitative estimate of drug-likeness (QED) is 0.564. The summed E-state index contributed by atoms with van der Waals surface area (Å²) in [5, 5.41) is 0. The predicted octanol–water partition coefficient (Wildman–Crippen LogP) is 0.213. The van der Waals surface area contributed by atoms with E-state index in [9.17, 15) is 14.0 Å². The van der Waals surface area contributed by atoms with Crippen molar-refractivity contribution in [3.8, 4) is 0 Å². The molecule has 0 aromatic heterocycles. The molecule has 1 aliphatic heterocycles. The minimum Gasteiger partial charge on any atom is -0.456 e. The third kappa shape index (κ3) is 1.34. The van der Waals surface area contributed by atoms with E-state index >= 15 is 0 Å². The van der Waals surface area contributed by atoms with Crippen LogP contribution in [-0.4, -0.2) is 35.5 Å². The Morgan fingerprint density at radius 1 is 1.22 bits per heavy atom. The Morgan fingerprint density at radius 3 is 2.39 bits per heavy atom. The number of carbonyl (C=O) groups is 2. The molecule has 0 aromatic rings. The van der Waals surface area contributed by atoms with Gasteiger partial charge in [0.2, 0.25) is 6.30 Å². The number of esters is 2. The van der Waals surface area contributed by atoms with E-state index < -0.39 is 35.5 Å². The highest BCUT2D eigenvalue weighted by molar-refractivity contribution is 5.68. The molecule has 0 bridgehead atoms. The normalized spacial score (nSPS) is 48.3. The molecule has 100 valence electrons. The molecule has 1 heterocycles. The maximum Gasteiger partial charge on any atom is 0.303 e. The number of nitrogens with one attached hydrogen (secondary N) is 1. The lowest BCUT2D eigenvalue weighted by atomic mass is 9.93. The van der Waals surface area contributed by atoms with Crippen molar-refractivity contribution in [3.05, 3.63) is 0 Å². The van der Waals surface area contributed by atoms with Crippen molar-refractivity contribution in [1.82, 2.24) is 5.48 Å². The van der Waals surface area contributed by atoms with Gasteiger partial charge in [-0.15, -0.1) is 0 Å². The summed E-state index contributed by atoms with van der Waals surface area (Å²) in [6.45, 7) is 2.52. The average molecular weight is 259 g/mol. The van der Waals surface area contributed by atoms with Crippen LogP contribution in [0.3, 0.4) is 0 Å². The van der Waals surface area contributed by atoms with E-state index in [-0.39, 0.29) is 5.92 Å². The van der Waals surface area contributed by atoms with Gasteiger partial charge in [0.25, 0.3) is 0 Å². The number of carbonyl (C=O) groups excluding carboxylic acids is 2. The Labute approximate surface area is 103 Å². The largest absolute Gasteiger partial charge is 0.456 e. The van der Waals surface area contributed by atoms with Crippen LogP contribution < -0.4 is 5.48 Å². The molecule has 0 aromatic carbocycles. The van der Waals surface area contributed by atoms with Gasteiger partial charge in [0.15, 0.2) is 11.7 Å². The summed E-state index contributed by atoms with van der Waals surface area (Å²) in [6.07, 6.45) is -1.46. The average Bonchev–Trinajstić information content (AvgIpc) is 2.67. The molecule has 0 spiro atoms. The molecule has 7 heteroatoms. The van der Waals surface area contributed by atoms with Gasteiger partial charge in [-0.3, -0.25) is 14.4 Å².